The molecule has 2 aromatic heterocycles. The number of likely N-dealkylation sites (tertiary alicyclic amines) is 1. The zero-order valence-electron chi connectivity index (χ0n) is 13.8. The van der Waals surface area contributed by atoms with E-state index in [1.807, 2.05) is 22.6 Å². The minimum atomic E-state index is -0.472. The van der Waals surface area contributed by atoms with Gasteiger partial charge in [0.2, 0.25) is 11.8 Å². The number of aromatic nitrogens is 4. The predicted molar refractivity (Wildman–Crippen MR) is 85.1 cm³/mol. The van der Waals surface area contributed by atoms with Crippen molar-refractivity contribution in [3.8, 4) is 0 Å². The van der Waals surface area contributed by atoms with Crippen LogP contribution < -0.4 is 0 Å². The summed E-state index contributed by atoms with van der Waals surface area (Å²) in [6, 6.07) is -0.0339. The molecule has 2 aromatic rings. The Morgan fingerprint density at radius 3 is 2.96 bits per heavy atom. The zero-order valence-corrected chi connectivity index (χ0v) is 13.8. The third-order valence-corrected chi connectivity index (χ3v) is 4.47. The summed E-state index contributed by atoms with van der Waals surface area (Å²) in [4.78, 5) is 22.5. The van der Waals surface area contributed by atoms with Gasteiger partial charge in [-0.1, -0.05) is 12.1 Å². The first kappa shape index (κ1) is 16.6. The molecule has 8 heteroatoms. The summed E-state index contributed by atoms with van der Waals surface area (Å²) in [6.45, 7) is 3.15. The lowest BCUT2D eigenvalue weighted by Crippen LogP contribution is -2.32. The van der Waals surface area contributed by atoms with Gasteiger partial charge in [-0.2, -0.15) is 4.98 Å². The van der Waals surface area contributed by atoms with Gasteiger partial charge in [0.05, 0.1) is 18.5 Å². The van der Waals surface area contributed by atoms with E-state index in [4.69, 9.17) is 4.52 Å². The zero-order chi connectivity index (χ0) is 16.9. The van der Waals surface area contributed by atoms with Crippen LogP contribution in [0.2, 0.25) is 0 Å². The van der Waals surface area contributed by atoms with Gasteiger partial charge in [0.25, 0.3) is 0 Å². The van der Waals surface area contributed by atoms with Crippen LogP contribution in [0.15, 0.2) is 23.2 Å². The third kappa shape index (κ3) is 3.81. The van der Waals surface area contributed by atoms with Crippen molar-refractivity contribution < 1.29 is 14.4 Å². The Kier molecular flexibility index (Phi) is 5.24. The number of aliphatic hydroxyl groups excluding tert-OH is 1. The number of rotatable bonds is 5. The van der Waals surface area contributed by atoms with Crippen LogP contribution in [0.3, 0.4) is 0 Å². The summed E-state index contributed by atoms with van der Waals surface area (Å²) in [5.74, 6) is 1.23. The largest absolute Gasteiger partial charge is 0.391 e. The Bertz CT molecular complexity index is 654. The van der Waals surface area contributed by atoms with Crippen molar-refractivity contribution >= 4 is 5.91 Å². The van der Waals surface area contributed by atoms with E-state index in [0.29, 0.717) is 50.5 Å². The van der Waals surface area contributed by atoms with E-state index in [9.17, 15) is 9.90 Å². The highest BCUT2D eigenvalue weighted by Gasteiger charge is 2.27. The second-order valence-corrected chi connectivity index (χ2v) is 6.06. The third-order valence-electron chi connectivity index (χ3n) is 4.47. The first-order valence-electron chi connectivity index (χ1n) is 8.42. The van der Waals surface area contributed by atoms with Crippen LogP contribution >= 0.6 is 0 Å². The van der Waals surface area contributed by atoms with Crippen LogP contribution in [0.25, 0.3) is 0 Å². The van der Waals surface area contributed by atoms with Gasteiger partial charge >= 0.3 is 0 Å². The average molecular weight is 333 g/mol. The summed E-state index contributed by atoms with van der Waals surface area (Å²) >= 11 is 0. The molecule has 8 nitrogen and oxygen atoms in total. The summed E-state index contributed by atoms with van der Waals surface area (Å²) in [5.41, 5.74) is 0. The highest BCUT2D eigenvalue weighted by molar-refractivity contribution is 5.76. The molecule has 1 saturated heterocycles. The number of imidazole rings is 1. The molecule has 1 amide bonds. The number of hydrogen-bond donors (Lipinski definition) is 1. The SMILES string of the molecule is CCc1noc(CCC(=O)N2CC[C@H](O)[C@@H](n3ccnc3)CC2)n1. The number of amides is 1. The molecular weight excluding hydrogens is 310 g/mol. The van der Waals surface area contributed by atoms with Gasteiger partial charge in [-0.3, -0.25) is 4.79 Å². The van der Waals surface area contributed by atoms with Crippen LogP contribution in [-0.4, -0.2) is 54.8 Å². The maximum Gasteiger partial charge on any atom is 0.227 e. The number of aliphatic hydroxyl groups is 1. The molecule has 0 unspecified atom stereocenters. The fourth-order valence-electron chi connectivity index (χ4n) is 3.04. The van der Waals surface area contributed by atoms with E-state index < -0.39 is 6.10 Å². The molecule has 1 aliphatic heterocycles. The maximum absolute atomic E-state index is 12.4. The van der Waals surface area contributed by atoms with E-state index in [0.717, 1.165) is 6.42 Å². The van der Waals surface area contributed by atoms with E-state index in [1.165, 1.54) is 0 Å². The van der Waals surface area contributed by atoms with Gasteiger partial charge in [0.15, 0.2) is 5.82 Å². The van der Waals surface area contributed by atoms with Crippen molar-refractivity contribution in [2.45, 2.75) is 51.2 Å². The van der Waals surface area contributed by atoms with Gasteiger partial charge in [-0.05, 0) is 12.8 Å². The molecule has 2 atom stereocenters. The van der Waals surface area contributed by atoms with Crippen LogP contribution in [0.1, 0.15) is 43.9 Å². The Labute approximate surface area is 140 Å². The van der Waals surface area contributed by atoms with Gasteiger partial charge in [0, 0.05) is 44.7 Å². The van der Waals surface area contributed by atoms with Crippen molar-refractivity contribution in [3.63, 3.8) is 0 Å². The summed E-state index contributed by atoms with van der Waals surface area (Å²) in [6.07, 6.45) is 7.59. The molecule has 0 radical (unpaired) electrons. The average Bonchev–Trinajstić information content (AvgIpc) is 3.23. The van der Waals surface area contributed by atoms with Crippen LogP contribution in [0, 0.1) is 0 Å². The second kappa shape index (κ2) is 7.57. The maximum atomic E-state index is 12.4. The smallest absolute Gasteiger partial charge is 0.227 e. The number of aryl methyl sites for hydroxylation is 2. The lowest BCUT2D eigenvalue weighted by molar-refractivity contribution is -0.131. The Hall–Kier alpha value is -2.22. The van der Waals surface area contributed by atoms with Crippen LogP contribution in [-0.2, 0) is 17.6 Å². The van der Waals surface area contributed by atoms with E-state index in [2.05, 4.69) is 15.1 Å². The number of nitrogens with zero attached hydrogens (tertiary/aromatic N) is 5. The molecule has 1 fully saturated rings. The van der Waals surface area contributed by atoms with Gasteiger partial charge < -0.3 is 19.1 Å². The molecular formula is C16H23N5O3. The minimum Gasteiger partial charge on any atom is -0.391 e. The summed E-state index contributed by atoms with van der Waals surface area (Å²) in [5, 5.41) is 14.2. The number of carbonyl (C=O) groups is 1. The van der Waals surface area contributed by atoms with Gasteiger partial charge in [-0.15, -0.1) is 0 Å². The fourth-order valence-corrected chi connectivity index (χ4v) is 3.04. The Morgan fingerprint density at radius 2 is 2.25 bits per heavy atom. The van der Waals surface area contributed by atoms with Crippen molar-refractivity contribution in [2.24, 2.45) is 0 Å². The molecule has 24 heavy (non-hydrogen) atoms. The predicted octanol–water partition coefficient (Wildman–Crippen LogP) is 0.986. The quantitative estimate of drug-likeness (QED) is 0.876. The van der Waals surface area contributed by atoms with Crippen LogP contribution in [0.4, 0.5) is 0 Å². The molecule has 0 saturated carbocycles. The molecule has 3 heterocycles. The van der Waals surface area contributed by atoms with E-state index in [-0.39, 0.29) is 11.9 Å². The molecule has 1 aliphatic rings. The van der Waals surface area contributed by atoms with E-state index in [1.54, 1.807) is 12.5 Å². The Balaban J connectivity index is 1.54. The van der Waals surface area contributed by atoms with Crippen molar-refractivity contribution in [1.29, 1.82) is 0 Å². The summed E-state index contributed by atoms with van der Waals surface area (Å²) in [7, 11) is 0. The standard InChI is InChI=1S/C16H23N5O3/c1-2-14-18-15(24-19-14)3-4-16(23)20-8-5-12(13(22)6-9-20)21-10-7-17-11-21/h7,10-13,22H,2-6,8-9H2,1H3/t12-,13-/m0/s1. The van der Waals surface area contributed by atoms with E-state index >= 15 is 0 Å². The highest BCUT2D eigenvalue weighted by atomic mass is 16.5. The van der Waals surface area contributed by atoms with Crippen molar-refractivity contribution in [1.82, 2.24) is 24.6 Å². The fraction of sp³-hybridized carbons (Fsp3) is 0.625. The first-order valence-corrected chi connectivity index (χ1v) is 8.42. The van der Waals surface area contributed by atoms with Crippen molar-refractivity contribution in [3.05, 3.63) is 30.4 Å². The molecule has 1 N–H and O–H groups in total. The normalized spacial score (nSPS) is 21.7. The Morgan fingerprint density at radius 1 is 1.42 bits per heavy atom. The molecule has 3 rings (SSSR count). The van der Waals surface area contributed by atoms with Gasteiger partial charge in [0.1, 0.15) is 0 Å². The molecule has 0 aliphatic carbocycles. The second-order valence-electron chi connectivity index (χ2n) is 6.06. The molecule has 130 valence electrons. The monoisotopic (exact) mass is 333 g/mol. The number of carbonyl (C=O) groups excluding carboxylic acids is 1. The number of hydrogen-bond acceptors (Lipinski definition) is 6. The molecule has 0 bridgehead atoms. The van der Waals surface area contributed by atoms with Crippen LogP contribution in [0.5, 0.6) is 0 Å². The lowest BCUT2D eigenvalue weighted by atomic mass is 10.1. The van der Waals surface area contributed by atoms with Crippen molar-refractivity contribution in [2.75, 3.05) is 13.1 Å². The lowest BCUT2D eigenvalue weighted by Gasteiger charge is -2.21. The molecule has 0 aromatic carbocycles. The highest BCUT2D eigenvalue weighted by Crippen LogP contribution is 2.23. The molecule has 0 spiro atoms. The first-order chi connectivity index (χ1) is 11.7. The minimum absolute atomic E-state index is 0.0339. The van der Waals surface area contributed by atoms with Gasteiger partial charge in [-0.25, -0.2) is 4.98 Å². The summed E-state index contributed by atoms with van der Waals surface area (Å²) < 4.78 is 7.04. The topological polar surface area (TPSA) is 97.3 Å².